The van der Waals surface area contributed by atoms with Crippen molar-refractivity contribution in [3.63, 3.8) is 0 Å². The van der Waals surface area contributed by atoms with Gasteiger partial charge >= 0.3 is 0 Å². The van der Waals surface area contributed by atoms with Crippen LogP contribution in [0.3, 0.4) is 0 Å². The number of hydrogen-bond donors (Lipinski definition) is 2. The molecule has 0 aromatic carbocycles. The Labute approximate surface area is 110 Å². The number of aliphatic hydroxyl groups excluding tert-OH is 1. The number of β-amino-alcohol motifs (C(OH)–C–C–N with tert-alkyl or cyclic N) is 1. The van der Waals surface area contributed by atoms with Gasteiger partial charge in [0.1, 0.15) is 0 Å². The largest absolute Gasteiger partial charge is 0.389 e. The SMILES string of the molecule is CNCC1CCCCN1CC(O)COCCOC. The van der Waals surface area contributed by atoms with Crippen LogP contribution in [-0.2, 0) is 9.47 Å². The van der Waals surface area contributed by atoms with E-state index in [2.05, 4.69) is 10.2 Å². The topological polar surface area (TPSA) is 54.0 Å². The van der Waals surface area contributed by atoms with Crippen LogP contribution in [0, 0.1) is 0 Å². The number of aliphatic hydroxyl groups is 1. The highest BCUT2D eigenvalue weighted by Crippen LogP contribution is 2.16. The molecule has 1 heterocycles. The number of nitrogens with one attached hydrogen (secondary N) is 1. The van der Waals surface area contributed by atoms with Crippen molar-refractivity contribution in [2.24, 2.45) is 0 Å². The van der Waals surface area contributed by atoms with Crippen molar-refractivity contribution in [2.75, 3.05) is 53.6 Å². The highest BCUT2D eigenvalue weighted by Gasteiger charge is 2.23. The van der Waals surface area contributed by atoms with Gasteiger partial charge in [0.25, 0.3) is 0 Å². The van der Waals surface area contributed by atoms with Crippen molar-refractivity contribution in [1.82, 2.24) is 10.2 Å². The predicted octanol–water partition coefficient (Wildman–Crippen LogP) is 0.0842. The second-order valence-corrected chi connectivity index (χ2v) is 4.92. The molecule has 0 radical (unpaired) electrons. The van der Waals surface area contributed by atoms with Crippen molar-refractivity contribution >= 4 is 0 Å². The normalized spacial score (nSPS) is 23.2. The number of ether oxygens (including phenoxy) is 2. The molecule has 0 saturated carbocycles. The summed E-state index contributed by atoms with van der Waals surface area (Å²) in [6, 6.07) is 0.553. The van der Waals surface area contributed by atoms with Crippen LogP contribution in [0.1, 0.15) is 19.3 Å². The molecule has 1 rings (SSSR count). The average Bonchev–Trinajstić information content (AvgIpc) is 2.37. The van der Waals surface area contributed by atoms with Crippen molar-refractivity contribution in [1.29, 1.82) is 0 Å². The Balaban J connectivity index is 2.20. The second kappa shape index (κ2) is 9.69. The van der Waals surface area contributed by atoms with E-state index in [9.17, 15) is 5.11 Å². The number of likely N-dealkylation sites (N-methyl/N-ethyl adjacent to an activating group) is 1. The van der Waals surface area contributed by atoms with Crippen LogP contribution < -0.4 is 5.32 Å². The van der Waals surface area contributed by atoms with Crippen LogP contribution in [0.25, 0.3) is 0 Å². The zero-order valence-corrected chi connectivity index (χ0v) is 11.7. The van der Waals surface area contributed by atoms with E-state index in [0.717, 1.165) is 13.1 Å². The Bertz CT molecular complexity index is 203. The molecular weight excluding hydrogens is 232 g/mol. The molecule has 2 atom stereocenters. The maximum atomic E-state index is 9.96. The second-order valence-electron chi connectivity index (χ2n) is 4.92. The Morgan fingerprint density at radius 1 is 1.39 bits per heavy atom. The van der Waals surface area contributed by atoms with Crippen molar-refractivity contribution in [2.45, 2.75) is 31.4 Å². The molecule has 0 spiro atoms. The summed E-state index contributed by atoms with van der Waals surface area (Å²) in [5, 5.41) is 13.2. The van der Waals surface area contributed by atoms with E-state index in [-0.39, 0.29) is 0 Å². The molecule has 1 aliphatic heterocycles. The molecule has 1 saturated heterocycles. The van der Waals surface area contributed by atoms with Crippen LogP contribution in [-0.4, -0.2) is 75.8 Å². The molecule has 0 aromatic rings. The van der Waals surface area contributed by atoms with E-state index in [1.807, 2.05) is 7.05 Å². The maximum Gasteiger partial charge on any atom is 0.0900 e. The number of piperidine rings is 1. The van der Waals surface area contributed by atoms with E-state index in [1.165, 1.54) is 19.3 Å². The average molecular weight is 260 g/mol. The van der Waals surface area contributed by atoms with Gasteiger partial charge < -0.3 is 19.9 Å². The predicted molar refractivity (Wildman–Crippen MR) is 71.8 cm³/mol. The minimum Gasteiger partial charge on any atom is -0.389 e. The van der Waals surface area contributed by atoms with Gasteiger partial charge in [-0.25, -0.2) is 0 Å². The molecule has 5 nitrogen and oxygen atoms in total. The van der Waals surface area contributed by atoms with Crippen LogP contribution in [0.15, 0.2) is 0 Å². The molecule has 1 aliphatic rings. The zero-order valence-electron chi connectivity index (χ0n) is 11.7. The van der Waals surface area contributed by atoms with E-state index in [4.69, 9.17) is 9.47 Å². The fourth-order valence-corrected chi connectivity index (χ4v) is 2.45. The van der Waals surface area contributed by atoms with E-state index >= 15 is 0 Å². The van der Waals surface area contributed by atoms with Gasteiger partial charge in [0.15, 0.2) is 0 Å². The lowest BCUT2D eigenvalue weighted by molar-refractivity contribution is -0.0106. The molecule has 2 unspecified atom stereocenters. The molecule has 1 fully saturated rings. The molecule has 2 N–H and O–H groups in total. The Hall–Kier alpha value is -0.200. The monoisotopic (exact) mass is 260 g/mol. The molecule has 108 valence electrons. The van der Waals surface area contributed by atoms with Gasteiger partial charge in [0, 0.05) is 26.2 Å². The lowest BCUT2D eigenvalue weighted by atomic mass is 10.0. The Kier molecular flexibility index (Phi) is 8.54. The number of methoxy groups -OCH3 is 1. The van der Waals surface area contributed by atoms with Gasteiger partial charge in [-0.05, 0) is 26.4 Å². The summed E-state index contributed by atoms with van der Waals surface area (Å²) < 4.78 is 10.3. The summed E-state index contributed by atoms with van der Waals surface area (Å²) in [6.45, 7) is 4.32. The number of likely N-dealkylation sites (tertiary alicyclic amines) is 1. The van der Waals surface area contributed by atoms with Gasteiger partial charge in [-0.2, -0.15) is 0 Å². The van der Waals surface area contributed by atoms with Crippen LogP contribution in [0.4, 0.5) is 0 Å². The van der Waals surface area contributed by atoms with Crippen molar-refractivity contribution < 1.29 is 14.6 Å². The van der Waals surface area contributed by atoms with Crippen LogP contribution in [0.2, 0.25) is 0 Å². The van der Waals surface area contributed by atoms with Gasteiger partial charge in [-0.1, -0.05) is 6.42 Å². The number of hydrogen-bond acceptors (Lipinski definition) is 5. The van der Waals surface area contributed by atoms with Gasteiger partial charge in [-0.15, -0.1) is 0 Å². The van der Waals surface area contributed by atoms with Crippen LogP contribution >= 0.6 is 0 Å². The summed E-state index contributed by atoms with van der Waals surface area (Å²) >= 11 is 0. The summed E-state index contributed by atoms with van der Waals surface area (Å²) in [6.07, 6.45) is 3.35. The van der Waals surface area contributed by atoms with Gasteiger partial charge in [0.2, 0.25) is 0 Å². The molecule has 0 aromatic heterocycles. The number of rotatable bonds is 9. The maximum absolute atomic E-state index is 9.96. The first kappa shape index (κ1) is 15.9. The molecule has 0 bridgehead atoms. The standard InChI is InChI=1S/C13H28N2O3/c1-14-9-12-5-3-4-6-15(12)10-13(16)11-18-8-7-17-2/h12-14,16H,3-11H2,1-2H3. The fourth-order valence-electron chi connectivity index (χ4n) is 2.45. The minimum atomic E-state index is -0.403. The Morgan fingerprint density at radius 3 is 2.94 bits per heavy atom. The summed E-state index contributed by atoms with van der Waals surface area (Å²) in [5.41, 5.74) is 0. The first-order valence-corrected chi connectivity index (χ1v) is 6.91. The fraction of sp³-hybridized carbons (Fsp3) is 1.00. The lowest BCUT2D eigenvalue weighted by Crippen LogP contribution is -2.48. The molecule has 0 amide bonds. The first-order valence-electron chi connectivity index (χ1n) is 6.91. The molecule has 5 heteroatoms. The third-order valence-corrected chi connectivity index (χ3v) is 3.38. The third kappa shape index (κ3) is 6.11. The minimum absolute atomic E-state index is 0.395. The highest BCUT2D eigenvalue weighted by molar-refractivity contribution is 4.80. The first-order chi connectivity index (χ1) is 8.77. The van der Waals surface area contributed by atoms with Crippen molar-refractivity contribution in [3.8, 4) is 0 Å². The van der Waals surface area contributed by atoms with Gasteiger partial charge in [0.05, 0.1) is 25.9 Å². The van der Waals surface area contributed by atoms with Crippen LogP contribution in [0.5, 0.6) is 0 Å². The van der Waals surface area contributed by atoms with E-state index < -0.39 is 6.10 Å². The van der Waals surface area contributed by atoms with Crippen molar-refractivity contribution in [3.05, 3.63) is 0 Å². The van der Waals surface area contributed by atoms with E-state index in [0.29, 0.717) is 32.4 Å². The summed E-state index contributed by atoms with van der Waals surface area (Å²) in [4.78, 5) is 2.38. The quantitative estimate of drug-likeness (QED) is 0.575. The third-order valence-electron chi connectivity index (χ3n) is 3.38. The molecular formula is C13H28N2O3. The lowest BCUT2D eigenvalue weighted by Gasteiger charge is -2.36. The zero-order chi connectivity index (χ0) is 13.2. The summed E-state index contributed by atoms with van der Waals surface area (Å²) in [7, 11) is 3.63. The number of nitrogens with zero attached hydrogens (tertiary/aromatic N) is 1. The smallest absolute Gasteiger partial charge is 0.0900 e. The van der Waals surface area contributed by atoms with E-state index in [1.54, 1.807) is 7.11 Å². The Morgan fingerprint density at radius 2 is 2.22 bits per heavy atom. The highest BCUT2D eigenvalue weighted by atomic mass is 16.5. The molecule has 18 heavy (non-hydrogen) atoms. The summed E-state index contributed by atoms with van der Waals surface area (Å²) in [5.74, 6) is 0. The van der Waals surface area contributed by atoms with Gasteiger partial charge in [-0.3, -0.25) is 4.90 Å². The molecule has 0 aliphatic carbocycles.